The third kappa shape index (κ3) is 4.01. The molecule has 1 atom stereocenters. The van der Waals surface area contributed by atoms with E-state index in [1.54, 1.807) is 12.3 Å². The van der Waals surface area contributed by atoms with Gasteiger partial charge in [0.25, 0.3) is 0 Å². The molecule has 2 aromatic rings. The first-order valence-corrected chi connectivity index (χ1v) is 8.28. The molecule has 0 fully saturated rings. The lowest BCUT2D eigenvalue weighted by Crippen LogP contribution is -2.29. The lowest BCUT2D eigenvalue weighted by molar-refractivity contribution is -0.136. The molecular weight excluding hydrogens is 345 g/mol. The molecule has 0 amide bonds. The maximum atomic E-state index is 12.2. The second-order valence-electron chi connectivity index (χ2n) is 6.48. The van der Waals surface area contributed by atoms with Crippen molar-refractivity contribution >= 4 is 11.5 Å². The van der Waals surface area contributed by atoms with E-state index in [4.69, 9.17) is 16.2 Å². The number of anilines is 2. The first-order chi connectivity index (χ1) is 12.2. The van der Waals surface area contributed by atoms with Gasteiger partial charge in [-0.1, -0.05) is 0 Å². The summed E-state index contributed by atoms with van der Waals surface area (Å²) < 4.78 is 42.3. The van der Waals surface area contributed by atoms with Crippen LogP contribution in [0.5, 0.6) is 5.75 Å². The summed E-state index contributed by atoms with van der Waals surface area (Å²) in [7, 11) is 1.94. The number of pyridine rings is 1. The van der Waals surface area contributed by atoms with Crippen LogP contribution in [0.25, 0.3) is 11.1 Å². The van der Waals surface area contributed by atoms with Gasteiger partial charge in [0.1, 0.15) is 18.2 Å². The van der Waals surface area contributed by atoms with Crippen LogP contribution in [0.15, 0.2) is 30.5 Å². The van der Waals surface area contributed by atoms with Crippen LogP contribution in [0.2, 0.25) is 0 Å². The molecule has 4 N–H and O–H groups in total. The van der Waals surface area contributed by atoms with E-state index in [1.807, 2.05) is 30.1 Å². The standard InChI is InChI=1S/C18H21F3N4O/c1-25-9-15-13(5-7-24-17(15)23)14-3-2-12(8-16(14)25)26-10-11(22)4-6-18(19,20)21/h2-3,5,7-8,11H,4,6,9-10,22H2,1H3,(H2,23,24). The fraction of sp³-hybridized carbons (Fsp3) is 0.389. The highest BCUT2D eigenvalue weighted by molar-refractivity contribution is 5.86. The summed E-state index contributed by atoms with van der Waals surface area (Å²) in [5, 5.41) is 0. The minimum Gasteiger partial charge on any atom is -0.492 e. The van der Waals surface area contributed by atoms with E-state index >= 15 is 0 Å². The van der Waals surface area contributed by atoms with Crippen molar-refractivity contribution in [3.8, 4) is 16.9 Å². The van der Waals surface area contributed by atoms with Crippen LogP contribution in [0.4, 0.5) is 24.7 Å². The topological polar surface area (TPSA) is 77.4 Å². The number of rotatable bonds is 5. The molecule has 140 valence electrons. The van der Waals surface area contributed by atoms with Crippen molar-refractivity contribution < 1.29 is 17.9 Å². The Morgan fingerprint density at radius 3 is 2.77 bits per heavy atom. The van der Waals surface area contributed by atoms with Crippen molar-refractivity contribution in [1.29, 1.82) is 0 Å². The van der Waals surface area contributed by atoms with Crippen molar-refractivity contribution in [1.82, 2.24) is 4.98 Å². The number of ether oxygens (including phenoxy) is 1. The Morgan fingerprint density at radius 2 is 2.04 bits per heavy atom. The number of nitrogens with two attached hydrogens (primary N) is 2. The molecule has 1 unspecified atom stereocenters. The number of alkyl halides is 3. The monoisotopic (exact) mass is 366 g/mol. The normalized spacial score (nSPS) is 14.6. The number of hydrogen-bond donors (Lipinski definition) is 2. The van der Waals surface area contributed by atoms with E-state index in [2.05, 4.69) is 4.98 Å². The zero-order chi connectivity index (χ0) is 18.9. The van der Waals surface area contributed by atoms with Crippen LogP contribution in [0.1, 0.15) is 18.4 Å². The van der Waals surface area contributed by atoms with Gasteiger partial charge in [0.15, 0.2) is 0 Å². The Balaban J connectivity index is 1.72. The first kappa shape index (κ1) is 18.3. The number of benzene rings is 1. The minimum atomic E-state index is -4.20. The largest absolute Gasteiger partial charge is 0.492 e. The van der Waals surface area contributed by atoms with E-state index in [9.17, 15) is 13.2 Å². The summed E-state index contributed by atoms with van der Waals surface area (Å²) in [5.74, 6) is 1.08. The fourth-order valence-electron chi connectivity index (χ4n) is 3.03. The molecule has 3 rings (SSSR count). The molecule has 1 aromatic heterocycles. The lowest BCUT2D eigenvalue weighted by atomic mass is 9.94. The zero-order valence-corrected chi connectivity index (χ0v) is 14.4. The summed E-state index contributed by atoms with van der Waals surface area (Å²) in [6, 6.07) is 6.82. The van der Waals surface area contributed by atoms with Gasteiger partial charge < -0.3 is 21.1 Å². The average molecular weight is 366 g/mol. The summed E-state index contributed by atoms with van der Waals surface area (Å²) in [6.45, 7) is 0.655. The van der Waals surface area contributed by atoms with Gasteiger partial charge in [-0.15, -0.1) is 0 Å². The summed E-state index contributed by atoms with van der Waals surface area (Å²) in [5.41, 5.74) is 15.7. The van der Waals surface area contributed by atoms with E-state index in [1.165, 1.54) is 0 Å². The Kier molecular flexibility index (Phi) is 4.95. The van der Waals surface area contributed by atoms with E-state index < -0.39 is 18.6 Å². The molecule has 0 saturated carbocycles. The molecule has 0 spiro atoms. The summed E-state index contributed by atoms with van der Waals surface area (Å²) in [6.07, 6.45) is -3.59. The van der Waals surface area contributed by atoms with Crippen LogP contribution in [-0.4, -0.2) is 30.9 Å². The maximum absolute atomic E-state index is 12.2. The fourth-order valence-corrected chi connectivity index (χ4v) is 3.03. The van der Waals surface area contributed by atoms with Gasteiger partial charge >= 0.3 is 6.18 Å². The third-order valence-corrected chi connectivity index (χ3v) is 4.42. The number of halogens is 3. The van der Waals surface area contributed by atoms with Gasteiger partial charge in [0.05, 0.1) is 0 Å². The molecule has 1 aromatic carbocycles. The molecule has 5 nitrogen and oxygen atoms in total. The third-order valence-electron chi connectivity index (χ3n) is 4.42. The highest BCUT2D eigenvalue weighted by Crippen LogP contribution is 2.41. The van der Waals surface area contributed by atoms with Crippen molar-refractivity contribution in [2.45, 2.75) is 31.6 Å². The average Bonchev–Trinajstić information content (AvgIpc) is 2.59. The molecule has 0 radical (unpaired) electrons. The van der Waals surface area contributed by atoms with Gasteiger partial charge in [0.2, 0.25) is 0 Å². The molecular formula is C18H21F3N4O. The number of aromatic nitrogens is 1. The Bertz CT molecular complexity index is 794. The van der Waals surface area contributed by atoms with Crippen molar-refractivity contribution in [3.05, 3.63) is 36.0 Å². The molecule has 0 saturated heterocycles. The number of hydrogen-bond acceptors (Lipinski definition) is 5. The summed E-state index contributed by atoms with van der Waals surface area (Å²) >= 11 is 0. The van der Waals surface area contributed by atoms with Crippen LogP contribution < -0.4 is 21.1 Å². The molecule has 1 aliphatic rings. The molecule has 0 bridgehead atoms. The molecule has 0 aliphatic carbocycles. The van der Waals surface area contributed by atoms with Crippen LogP contribution in [-0.2, 0) is 6.54 Å². The maximum Gasteiger partial charge on any atom is 0.389 e. The summed E-state index contributed by atoms with van der Waals surface area (Å²) in [4.78, 5) is 6.17. The first-order valence-electron chi connectivity index (χ1n) is 8.28. The molecule has 8 heteroatoms. The van der Waals surface area contributed by atoms with Gasteiger partial charge in [-0.2, -0.15) is 13.2 Å². The van der Waals surface area contributed by atoms with Gasteiger partial charge in [-0.05, 0) is 30.2 Å². The van der Waals surface area contributed by atoms with Crippen molar-refractivity contribution in [2.24, 2.45) is 5.73 Å². The number of nitrogens with zero attached hydrogens (tertiary/aromatic N) is 2. The van der Waals surface area contributed by atoms with Gasteiger partial charge in [-0.3, -0.25) is 0 Å². The lowest BCUT2D eigenvalue weighted by Gasteiger charge is -2.30. The highest BCUT2D eigenvalue weighted by atomic mass is 19.4. The number of fused-ring (bicyclic) bond motifs is 3. The number of nitrogen functional groups attached to an aromatic ring is 1. The smallest absolute Gasteiger partial charge is 0.389 e. The molecule has 26 heavy (non-hydrogen) atoms. The van der Waals surface area contributed by atoms with E-state index in [0.717, 1.165) is 22.4 Å². The predicted molar refractivity (Wildman–Crippen MR) is 95.0 cm³/mol. The van der Waals surface area contributed by atoms with E-state index in [-0.39, 0.29) is 13.0 Å². The van der Waals surface area contributed by atoms with Gasteiger partial charge in [0, 0.05) is 55.1 Å². The highest BCUT2D eigenvalue weighted by Gasteiger charge is 2.27. The Morgan fingerprint density at radius 1 is 1.27 bits per heavy atom. The zero-order valence-electron chi connectivity index (χ0n) is 14.4. The minimum absolute atomic E-state index is 0.0338. The SMILES string of the molecule is CN1Cc2c(ccnc2N)-c2ccc(OCC(N)CCC(F)(F)F)cc21. The van der Waals surface area contributed by atoms with Crippen LogP contribution in [0.3, 0.4) is 0 Å². The Labute approximate surface area is 149 Å². The van der Waals surface area contributed by atoms with E-state index in [0.29, 0.717) is 18.1 Å². The predicted octanol–water partition coefficient (Wildman–Crippen LogP) is 3.33. The van der Waals surface area contributed by atoms with Crippen molar-refractivity contribution in [2.75, 3.05) is 24.3 Å². The second kappa shape index (κ2) is 7.03. The second-order valence-corrected chi connectivity index (χ2v) is 6.48. The van der Waals surface area contributed by atoms with Crippen molar-refractivity contribution in [3.63, 3.8) is 0 Å². The Hall–Kier alpha value is -2.48. The molecule has 1 aliphatic heterocycles. The van der Waals surface area contributed by atoms with Crippen LogP contribution >= 0.6 is 0 Å². The molecule has 2 heterocycles. The quantitative estimate of drug-likeness (QED) is 0.849. The van der Waals surface area contributed by atoms with Crippen LogP contribution in [0, 0.1) is 0 Å². The van der Waals surface area contributed by atoms with Gasteiger partial charge in [-0.25, -0.2) is 4.98 Å².